The number of aryl methyl sites for hydroxylation is 2. The van der Waals surface area contributed by atoms with Crippen LogP contribution in [0.2, 0.25) is 5.02 Å². The van der Waals surface area contributed by atoms with E-state index in [4.69, 9.17) is 11.6 Å². The topological polar surface area (TPSA) is 76.9 Å². The molecule has 30 heavy (non-hydrogen) atoms. The van der Waals surface area contributed by atoms with Gasteiger partial charge in [-0.3, -0.25) is 24.5 Å². The van der Waals surface area contributed by atoms with Crippen LogP contribution in [-0.4, -0.2) is 20.4 Å². The maximum absolute atomic E-state index is 12.8. The summed E-state index contributed by atoms with van der Waals surface area (Å²) in [4.78, 5) is 33.9. The van der Waals surface area contributed by atoms with Crippen LogP contribution in [0.15, 0.2) is 65.0 Å². The summed E-state index contributed by atoms with van der Waals surface area (Å²) in [6, 6.07) is 11.9. The van der Waals surface area contributed by atoms with E-state index < -0.39 is 0 Å². The molecule has 0 saturated carbocycles. The first-order chi connectivity index (χ1) is 14.4. The zero-order valence-corrected chi connectivity index (χ0v) is 17.8. The van der Waals surface area contributed by atoms with Gasteiger partial charge in [0.05, 0.1) is 16.9 Å². The van der Waals surface area contributed by atoms with Gasteiger partial charge in [0.15, 0.2) is 5.13 Å². The molecule has 0 unspecified atom stereocenters. The monoisotopic (exact) mass is 436 g/mol. The van der Waals surface area contributed by atoms with Crippen LogP contribution in [0.1, 0.15) is 21.5 Å². The number of anilines is 1. The highest BCUT2D eigenvalue weighted by Gasteiger charge is 2.14. The summed E-state index contributed by atoms with van der Waals surface area (Å²) in [5, 5.41) is 5.69. The number of nitrogens with zero attached hydrogens (tertiary/aromatic N) is 3. The first-order valence-electron chi connectivity index (χ1n) is 9.10. The maximum Gasteiger partial charge on any atom is 0.258 e. The number of nitrogens with one attached hydrogen (secondary N) is 1. The van der Waals surface area contributed by atoms with Crippen LogP contribution in [0.3, 0.4) is 0 Å². The van der Waals surface area contributed by atoms with Gasteiger partial charge in [-0.25, -0.2) is 4.98 Å². The van der Waals surface area contributed by atoms with E-state index in [1.807, 2.05) is 31.4 Å². The quantitative estimate of drug-likeness (QED) is 0.494. The Balaban J connectivity index is 1.61. The van der Waals surface area contributed by atoms with Gasteiger partial charge in [-0.1, -0.05) is 17.7 Å². The standard InChI is InChI=1S/C22H17ClN4O2S/c1-13-4-3-9-24-20(13)17-12-30-22(25-17)26-21(29)15-5-8-19(28)27(11-15)18-7-6-16(23)10-14(18)2/h3-12H,1-2H3,(H,25,26,29). The highest BCUT2D eigenvalue weighted by Crippen LogP contribution is 2.26. The average Bonchev–Trinajstić information content (AvgIpc) is 3.17. The minimum absolute atomic E-state index is 0.237. The third-order valence-corrected chi connectivity index (χ3v) is 5.56. The van der Waals surface area contributed by atoms with Crippen molar-refractivity contribution in [3.8, 4) is 17.1 Å². The summed E-state index contributed by atoms with van der Waals surface area (Å²) >= 11 is 7.33. The smallest absolute Gasteiger partial charge is 0.258 e. The van der Waals surface area contributed by atoms with Crippen molar-refractivity contribution in [2.75, 3.05) is 5.32 Å². The normalized spacial score (nSPS) is 10.8. The predicted octanol–water partition coefficient (Wildman–Crippen LogP) is 4.88. The molecule has 1 aromatic carbocycles. The number of aromatic nitrogens is 3. The van der Waals surface area contributed by atoms with Crippen molar-refractivity contribution in [3.05, 3.63) is 92.3 Å². The number of benzene rings is 1. The minimum Gasteiger partial charge on any atom is -0.298 e. The SMILES string of the molecule is Cc1cc(Cl)ccc1-n1cc(C(=O)Nc2nc(-c3ncccc3C)cs2)ccc1=O. The summed E-state index contributed by atoms with van der Waals surface area (Å²) in [7, 11) is 0. The van der Waals surface area contributed by atoms with Crippen LogP contribution in [0, 0.1) is 13.8 Å². The number of hydrogen-bond donors (Lipinski definition) is 1. The molecule has 0 saturated heterocycles. The Labute approximate surface area is 181 Å². The average molecular weight is 437 g/mol. The molecular weight excluding hydrogens is 420 g/mol. The lowest BCUT2D eigenvalue weighted by Gasteiger charge is -2.11. The van der Waals surface area contributed by atoms with Crippen molar-refractivity contribution in [2.24, 2.45) is 0 Å². The molecule has 0 aliphatic rings. The van der Waals surface area contributed by atoms with Crippen molar-refractivity contribution < 1.29 is 4.79 Å². The Kier molecular flexibility index (Phi) is 5.48. The van der Waals surface area contributed by atoms with Gasteiger partial charge >= 0.3 is 0 Å². The third-order valence-electron chi connectivity index (χ3n) is 4.57. The summed E-state index contributed by atoms with van der Waals surface area (Å²) in [6.07, 6.45) is 3.23. The molecule has 0 fully saturated rings. The van der Waals surface area contributed by atoms with Crippen LogP contribution >= 0.6 is 22.9 Å². The van der Waals surface area contributed by atoms with Crippen molar-refractivity contribution in [3.63, 3.8) is 0 Å². The van der Waals surface area contributed by atoms with Crippen molar-refractivity contribution in [1.82, 2.24) is 14.5 Å². The van der Waals surface area contributed by atoms with Gasteiger partial charge in [-0.05, 0) is 55.3 Å². The Bertz CT molecular complexity index is 1310. The molecular formula is C22H17ClN4O2S. The lowest BCUT2D eigenvalue weighted by molar-refractivity contribution is 0.102. The summed E-state index contributed by atoms with van der Waals surface area (Å²) in [5.74, 6) is -0.353. The summed E-state index contributed by atoms with van der Waals surface area (Å²) < 4.78 is 1.44. The highest BCUT2D eigenvalue weighted by atomic mass is 35.5. The van der Waals surface area contributed by atoms with Crippen LogP contribution in [0.5, 0.6) is 0 Å². The third kappa shape index (κ3) is 4.03. The molecule has 4 aromatic rings. The van der Waals surface area contributed by atoms with Crippen molar-refractivity contribution in [2.45, 2.75) is 13.8 Å². The zero-order chi connectivity index (χ0) is 21.3. The molecule has 3 heterocycles. The Morgan fingerprint density at radius 1 is 1.13 bits per heavy atom. The molecule has 150 valence electrons. The van der Waals surface area contributed by atoms with E-state index in [0.29, 0.717) is 27.1 Å². The lowest BCUT2D eigenvalue weighted by atomic mass is 10.2. The fraction of sp³-hybridized carbons (Fsp3) is 0.0909. The first-order valence-corrected chi connectivity index (χ1v) is 10.4. The number of pyridine rings is 2. The number of thiazole rings is 1. The van der Waals surface area contributed by atoms with Gasteiger partial charge in [0.1, 0.15) is 5.69 Å². The van der Waals surface area contributed by atoms with Gasteiger partial charge in [0.2, 0.25) is 0 Å². The molecule has 4 rings (SSSR count). The molecule has 8 heteroatoms. The lowest BCUT2D eigenvalue weighted by Crippen LogP contribution is -2.21. The Hall–Kier alpha value is -3.29. The zero-order valence-electron chi connectivity index (χ0n) is 16.2. The van der Waals surface area contributed by atoms with Gasteiger partial charge in [0.25, 0.3) is 11.5 Å². The Morgan fingerprint density at radius 2 is 1.97 bits per heavy atom. The van der Waals surface area contributed by atoms with Crippen molar-refractivity contribution in [1.29, 1.82) is 0 Å². The molecule has 0 aliphatic heterocycles. The van der Waals surface area contributed by atoms with E-state index in [9.17, 15) is 9.59 Å². The van der Waals surface area contributed by atoms with E-state index in [1.165, 1.54) is 34.2 Å². The van der Waals surface area contributed by atoms with Crippen LogP contribution in [0.4, 0.5) is 5.13 Å². The van der Waals surface area contributed by atoms with E-state index >= 15 is 0 Å². The van der Waals surface area contributed by atoms with Gasteiger partial charge in [0, 0.05) is 28.9 Å². The molecule has 0 atom stereocenters. The van der Waals surface area contributed by atoms with Crippen LogP contribution < -0.4 is 10.9 Å². The van der Waals surface area contributed by atoms with Gasteiger partial charge < -0.3 is 0 Å². The molecule has 0 aliphatic carbocycles. The van der Waals surface area contributed by atoms with Crippen LogP contribution in [-0.2, 0) is 0 Å². The molecule has 3 aromatic heterocycles. The summed E-state index contributed by atoms with van der Waals surface area (Å²) in [5.41, 5.74) is 4.09. The largest absolute Gasteiger partial charge is 0.298 e. The fourth-order valence-electron chi connectivity index (χ4n) is 3.06. The molecule has 0 radical (unpaired) electrons. The van der Waals surface area contributed by atoms with E-state index in [1.54, 1.807) is 24.4 Å². The highest BCUT2D eigenvalue weighted by molar-refractivity contribution is 7.14. The number of hydrogen-bond acceptors (Lipinski definition) is 5. The van der Waals surface area contributed by atoms with E-state index in [0.717, 1.165) is 16.8 Å². The van der Waals surface area contributed by atoms with E-state index in [2.05, 4.69) is 15.3 Å². The molecule has 0 spiro atoms. The number of carbonyl (C=O) groups is 1. The van der Waals surface area contributed by atoms with Gasteiger partial charge in [-0.2, -0.15) is 0 Å². The fourth-order valence-corrected chi connectivity index (χ4v) is 3.98. The number of carbonyl (C=O) groups excluding carboxylic acids is 1. The van der Waals surface area contributed by atoms with Crippen molar-refractivity contribution >= 4 is 34.0 Å². The van der Waals surface area contributed by atoms with Crippen LogP contribution in [0.25, 0.3) is 17.1 Å². The minimum atomic E-state index is -0.353. The molecule has 6 nitrogen and oxygen atoms in total. The molecule has 1 amide bonds. The second-order valence-electron chi connectivity index (χ2n) is 6.72. The van der Waals surface area contributed by atoms with E-state index in [-0.39, 0.29) is 11.5 Å². The predicted molar refractivity (Wildman–Crippen MR) is 120 cm³/mol. The Morgan fingerprint density at radius 3 is 2.73 bits per heavy atom. The number of rotatable bonds is 4. The summed E-state index contributed by atoms with van der Waals surface area (Å²) in [6.45, 7) is 3.82. The molecule has 0 bridgehead atoms. The number of amides is 1. The first kappa shape index (κ1) is 20.0. The number of halogens is 1. The second kappa shape index (κ2) is 8.22. The molecule has 1 N–H and O–H groups in total. The maximum atomic E-state index is 12.8. The van der Waals surface area contributed by atoms with Gasteiger partial charge in [-0.15, -0.1) is 11.3 Å². The second-order valence-corrected chi connectivity index (χ2v) is 8.01.